The summed E-state index contributed by atoms with van der Waals surface area (Å²) in [4.78, 5) is 16.8. The highest BCUT2D eigenvalue weighted by atomic mass is 32.2. The number of imidazole rings is 1. The number of halogens is 3. The van der Waals surface area contributed by atoms with E-state index in [-0.39, 0.29) is 11.7 Å². The van der Waals surface area contributed by atoms with E-state index in [1.807, 2.05) is 13.0 Å². The number of nitrogens with one attached hydrogen (secondary N) is 1. The molecule has 1 amide bonds. The molecular formula is C22H24F3N3O3S. The van der Waals surface area contributed by atoms with E-state index in [0.717, 1.165) is 24.1 Å². The molecule has 0 saturated heterocycles. The fraction of sp³-hybridized carbons (Fsp3) is 0.364. The van der Waals surface area contributed by atoms with Crippen molar-refractivity contribution in [3.63, 3.8) is 0 Å². The molecule has 1 N–H and O–H groups in total. The molecule has 3 rings (SSSR count). The van der Waals surface area contributed by atoms with E-state index in [1.54, 1.807) is 23.8 Å². The molecule has 0 aliphatic carbocycles. The topological polar surface area (TPSA) is 65.4 Å². The molecule has 3 aromatic rings. The van der Waals surface area contributed by atoms with Crippen molar-refractivity contribution in [1.82, 2.24) is 14.9 Å². The van der Waals surface area contributed by atoms with Gasteiger partial charge in [0.05, 0.1) is 36.6 Å². The largest absolute Gasteiger partial charge is 0.493 e. The van der Waals surface area contributed by atoms with Gasteiger partial charge in [-0.2, -0.15) is 13.2 Å². The molecule has 0 unspecified atom stereocenters. The van der Waals surface area contributed by atoms with E-state index >= 15 is 0 Å². The summed E-state index contributed by atoms with van der Waals surface area (Å²) in [6, 6.07) is 8.87. The number of fused-ring (bicyclic) bond motifs is 1. The molecule has 0 fully saturated rings. The zero-order valence-electron chi connectivity index (χ0n) is 18.0. The van der Waals surface area contributed by atoms with Gasteiger partial charge in [-0.3, -0.25) is 4.79 Å². The van der Waals surface area contributed by atoms with Crippen molar-refractivity contribution in [1.29, 1.82) is 0 Å². The first-order valence-electron chi connectivity index (χ1n) is 9.94. The molecule has 0 radical (unpaired) electrons. The number of methoxy groups -OCH3 is 2. The van der Waals surface area contributed by atoms with Gasteiger partial charge in [-0.15, -0.1) is 0 Å². The summed E-state index contributed by atoms with van der Waals surface area (Å²) in [6.07, 6.45) is -3.70. The summed E-state index contributed by atoms with van der Waals surface area (Å²) < 4.78 is 51.5. The third-order valence-corrected chi connectivity index (χ3v) is 5.73. The molecule has 32 heavy (non-hydrogen) atoms. The second-order valence-corrected chi connectivity index (χ2v) is 7.94. The number of hydrogen-bond acceptors (Lipinski definition) is 5. The Kier molecular flexibility index (Phi) is 7.55. The van der Waals surface area contributed by atoms with Gasteiger partial charge >= 0.3 is 6.18 Å². The molecule has 0 atom stereocenters. The Hall–Kier alpha value is -2.88. The lowest BCUT2D eigenvalue weighted by Crippen LogP contribution is -2.24. The number of rotatable bonds is 9. The van der Waals surface area contributed by atoms with Crippen LogP contribution in [0.15, 0.2) is 41.6 Å². The van der Waals surface area contributed by atoms with Gasteiger partial charge in [0.25, 0.3) is 0 Å². The number of benzene rings is 2. The van der Waals surface area contributed by atoms with Crippen LogP contribution in [0.2, 0.25) is 0 Å². The number of carbonyl (C=O) groups excluding carboxylic acids is 1. The SMILES string of the molecule is CCCn1c(SCC(=O)NCc2ccc(OC)c(OC)c2)nc2ccc(C(F)(F)F)cc21. The smallest absolute Gasteiger partial charge is 0.416 e. The Labute approximate surface area is 188 Å². The van der Waals surface area contributed by atoms with E-state index in [2.05, 4.69) is 10.3 Å². The van der Waals surface area contributed by atoms with Gasteiger partial charge in [-0.25, -0.2) is 4.98 Å². The minimum atomic E-state index is -4.42. The summed E-state index contributed by atoms with van der Waals surface area (Å²) in [5.74, 6) is 1.05. The average Bonchev–Trinajstić information content (AvgIpc) is 3.12. The van der Waals surface area contributed by atoms with Crippen LogP contribution < -0.4 is 14.8 Å². The van der Waals surface area contributed by atoms with Gasteiger partial charge < -0.3 is 19.4 Å². The van der Waals surface area contributed by atoms with Crippen molar-refractivity contribution in [3.05, 3.63) is 47.5 Å². The first-order chi connectivity index (χ1) is 15.3. The molecule has 0 aliphatic heterocycles. The molecule has 0 bridgehead atoms. The second kappa shape index (κ2) is 10.2. The number of aryl methyl sites for hydroxylation is 1. The maximum atomic E-state index is 13.1. The van der Waals surface area contributed by atoms with Crippen molar-refractivity contribution in [3.8, 4) is 11.5 Å². The molecule has 0 saturated carbocycles. The summed E-state index contributed by atoms with van der Waals surface area (Å²) in [5, 5.41) is 3.35. The number of nitrogens with zero attached hydrogens (tertiary/aromatic N) is 2. The van der Waals surface area contributed by atoms with E-state index < -0.39 is 11.7 Å². The van der Waals surface area contributed by atoms with Gasteiger partial charge in [0.15, 0.2) is 16.7 Å². The summed E-state index contributed by atoms with van der Waals surface area (Å²) >= 11 is 1.20. The number of ether oxygens (including phenoxy) is 2. The maximum absolute atomic E-state index is 13.1. The number of thioether (sulfide) groups is 1. The van der Waals surface area contributed by atoms with Gasteiger partial charge in [0, 0.05) is 13.1 Å². The average molecular weight is 468 g/mol. The number of hydrogen-bond donors (Lipinski definition) is 1. The standard InChI is InChI=1S/C22H24F3N3O3S/c1-4-9-28-17-11-15(22(23,24)25)6-7-16(17)27-21(28)32-13-20(29)26-12-14-5-8-18(30-2)19(10-14)31-3/h5-8,10-11H,4,9,12-13H2,1-3H3,(H,26,29). The van der Waals surface area contributed by atoms with Crippen LogP contribution in [0, 0.1) is 0 Å². The number of carbonyl (C=O) groups is 1. The van der Waals surface area contributed by atoms with Crippen LogP contribution in [0.25, 0.3) is 11.0 Å². The number of alkyl halides is 3. The highest BCUT2D eigenvalue weighted by Crippen LogP contribution is 2.33. The molecule has 172 valence electrons. The predicted molar refractivity (Wildman–Crippen MR) is 117 cm³/mol. The molecule has 0 spiro atoms. The minimum Gasteiger partial charge on any atom is -0.493 e. The molecule has 2 aromatic carbocycles. The quantitative estimate of drug-likeness (QED) is 0.454. The van der Waals surface area contributed by atoms with E-state index in [0.29, 0.717) is 40.8 Å². The zero-order chi connectivity index (χ0) is 23.3. The van der Waals surface area contributed by atoms with Crippen molar-refractivity contribution < 1.29 is 27.4 Å². The van der Waals surface area contributed by atoms with Crippen LogP contribution in [0.4, 0.5) is 13.2 Å². The van der Waals surface area contributed by atoms with E-state index in [9.17, 15) is 18.0 Å². The lowest BCUT2D eigenvalue weighted by Gasteiger charge is -2.11. The third kappa shape index (κ3) is 5.48. The fourth-order valence-corrected chi connectivity index (χ4v) is 4.07. The van der Waals surface area contributed by atoms with Crippen molar-refractivity contribution in [2.75, 3.05) is 20.0 Å². The van der Waals surface area contributed by atoms with Crippen LogP contribution in [0.1, 0.15) is 24.5 Å². The predicted octanol–water partition coefficient (Wildman–Crippen LogP) is 4.89. The third-order valence-electron chi connectivity index (χ3n) is 4.76. The zero-order valence-corrected chi connectivity index (χ0v) is 18.8. The first kappa shape index (κ1) is 23.8. The van der Waals surface area contributed by atoms with Gasteiger partial charge in [-0.05, 0) is 42.3 Å². The molecule has 6 nitrogen and oxygen atoms in total. The Bertz CT molecular complexity index is 1100. The molecule has 10 heteroatoms. The van der Waals surface area contributed by atoms with E-state index in [4.69, 9.17) is 9.47 Å². The normalized spacial score (nSPS) is 11.6. The molecular weight excluding hydrogens is 443 g/mol. The summed E-state index contributed by atoms with van der Waals surface area (Å²) in [6.45, 7) is 2.75. The first-order valence-corrected chi connectivity index (χ1v) is 10.9. The number of amides is 1. The van der Waals surface area contributed by atoms with Crippen molar-refractivity contribution in [2.24, 2.45) is 0 Å². The molecule has 0 aliphatic rings. The van der Waals surface area contributed by atoms with Gasteiger partial charge in [-0.1, -0.05) is 24.8 Å². The summed E-state index contributed by atoms with van der Waals surface area (Å²) in [5.41, 5.74) is 1.01. The Morgan fingerprint density at radius 1 is 1.12 bits per heavy atom. The Balaban J connectivity index is 1.68. The maximum Gasteiger partial charge on any atom is 0.416 e. The lowest BCUT2D eigenvalue weighted by molar-refractivity contribution is -0.137. The van der Waals surface area contributed by atoms with Crippen LogP contribution >= 0.6 is 11.8 Å². The number of aromatic nitrogens is 2. The second-order valence-electron chi connectivity index (χ2n) is 7.00. The van der Waals surface area contributed by atoms with Crippen LogP contribution in [-0.4, -0.2) is 35.4 Å². The monoisotopic (exact) mass is 467 g/mol. The van der Waals surface area contributed by atoms with Crippen LogP contribution in [-0.2, 0) is 24.1 Å². The Morgan fingerprint density at radius 3 is 2.53 bits per heavy atom. The lowest BCUT2D eigenvalue weighted by atomic mass is 10.2. The van der Waals surface area contributed by atoms with E-state index in [1.165, 1.54) is 24.9 Å². The molecule has 1 heterocycles. The van der Waals surface area contributed by atoms with Crippen molar-refractivity contribution >= 4 is 28.7 Å². The fourth-order valence-electron chi connectivity index (χ4n) is 3.20. The van der Waals surface area contributed by atoms with Crippen LogP contribution in [0.3, 0.4) is 0 Å². The minimum absolute atomic E-state index is 0.0897. The van der Waals surface area contributed by atoms with Gasteiger partial charge in [0.1, 0.15) is 0 Å². The summed E-state index contributed by atoms with van der Waals surface area (Å²) in [7, 11) is 3.09. The molecule has 1 aromatic heterocycles. The van der Waals surface area contributed by atoms with Crippen molar-refractivity contribution in [2.45, 2.75) is 37.8 Å². The van der Waals surface area contributed by atoms with Crippen LogP contribution in [0.5, 0.6) is 11.5 Å². The van der Waals surface area contributed by atoms with Gasteiger partial charge in [0.2, 0.25) is 5.91 Å². The Morgan fingerprint density at radius 2 is 1.88 bits per heavy atom. The highest BCUT2D eigenvalue weighted by molar-refractivity contribution is 7.99. The highest BCUT2D eigenvalue weighted by Gasteiger charge is 2.31.